The number of carbonyl (C=O) groups is 2. The first-order valence-corrected chi connectivity index (χ1v) is 9.14. The summed E-state index contributed by atoms with van der Waals surface area (Å²) in [5.41, 5.74) is -0.432. The molecular weight excluding hydrogens is 356 g/mol. The second-order valence-corrected chi connectivity index (χ2v) is 7.37. The van der Waals surface area contributed by atoms with Crippen LogP contribution in [0.1, 0.15) is 33.9 Å². The number of carboxylic acid groups (broad SMARTS) is 1. The van der Waals surface area contributed by atoms with Gasteiger partial charge in [-0.3, -0.25) is 4.79 Å². The highest BCUT2D eigenvalue weighted by Crippen LogP contribution is 2.24. The maximum Gasteiger partial charge on any atom is 0.335 e. The van der Waals surface area contributed by atoms with E-state index in [1.165, 1.54) is 0 Å². The number of aliphatic hydroxyl groups is 1. The molecule has 1 aromatic carbocycles. The molecule has 1 aliphatic heterocycles. The number of carboxylic acids is 1. The fraction of sp³-hybridized carbons (Fsp3) is 0.389. The summed E-state index contributed by atoms with van der Waals surface area (Å²) in [5, 5.41) is 21.9. The molecule has 7 nitrogen and oxygen atoms in total. The molecule has 138 valence electrons. The van der Waals surface area contributed by atoms with Gasteiger partial charge in [-0.25, -0.2) is 9.78 Å². The largest absolute Gasteiger partial charge is 0.487 e. The van der Waals surface area contributed by atoms with Crippen molar-refractivity contribution in [3.63, 3.8) is 0 Å². The van der Waals surface area contributed by atoms with Crippen molar-refractivity contribution >= 4 is 23.2 Å². The fourth-order valence-electron chi connectivity index (χ4n) is 2.83. The van der Waals surface area contributed by atoms with Gasteiger partial charge in [-0.2, -0.15) is 0 Å². The van der Waals surface area contributed by atoms with Gasteiger partial charge in [-0.05, 0) is 25.1 Å². The zero-order valence-electron chi connectivity index (χ0n) is 14.3. The van der Waals surface area contributed by atoms with Crippen LogP contribution in [-0.4, -0.2) is 50.7 Å². The zero-order valence-corrected chi connectivity index (χ0v) is 15.2. The van der Waals surface area contributed by atoms with Crippen LogP contribution in [0.25, 0.3) is 0 Å². The van der Waals surface area contributed by atoms with Crippen LogP contribution in [-0.2, 0) is 11.4 Å². The number of likely N-dealkylation sites (tertiary alicyclic amines) is 1. The van der Waals surface area contributed by atoms with Crippen LogP contribution in [0, 0.1) is 6.92 Å². The molecule has 8 heteroatoms. The molecule has 1 fully saturated rings. The Kier molecular flexibility index (Phi) is 5.24. The summed E-state index contributed by atoms with van der Waals surface area (Å²) in [4.78, 5) is 29.6. The summed E-state index contributed by atoms with van der Waals surface area (Å²) in [5.74, 6) is -0.870. The van der Waals surface area contributed by atoms with Crippen molar-refractivity contribution in [3.8, 4) is 5.75 Å². The van der Waals surface area contributed by atoms with Crippen LogP contribution in [0.4, 0.5) is 0 Å². The van der Waals surface area contributed by atoms with Gasteiger partial charge >= 0.3 is 5.97 Å². The van der Waals surface area contributed by atoms with Crippen LogP contribution < -0.4 is 4.74 Å². The zero-order chi connectivity index (χ0) is 18.7. The van der Waals surface area contributed by atoms with Gasteiger partial charge in [0.05, 0.1) is 10.7 Å². The van der Waals surface area contributed by atoms with Gasteiger partial charge in [0, 0.05) is 36.9 Å². The normalized spacial score (nSPS) is 16.3. The molecule has 2 N–H and O–H groups in total. The molecule has 1 amide bonds. The average Bonchev–Trinajstić information content (AvgIpc) is 3.05. The van der Waals surface area contributed by atoms with E-state index in [4.69, 9.17) is 9.84 Å². The number of rotatable bonds is 5. The van der Waals surface area contributed by atoms with Gasteiger partial charge in [-0.15, -0.1) is 11.3 Å². The number of ether oxygens (including phenoxy) is 1. The molecule has 2 aromatic rings. The molecule has 26 heavy (non-hydrogen) atoms. The van der Waals surface area contributed by atoms with Crippen molar-refractivity contribution in [2.24, 2.45) is 0 Å². The number of thiazole rings is 1. The molecule has 0 unspecified atom stereocenters. The highest BCUT2D eigenvalue weighted by molar-refractivity contribution is 7.09. The second kappa shape index (κ2) is 7.43. The lowest BCUT2D eigenvalue weighted by Crippen LogP contribution is -2.50. The molecular formula is C18H20N2O5S. The van der Waals surface area contributed by atoms with E-state index in [1.54, 1.807) is 40.5 Å². The molecule has 1 saturated heterocycles. The quantitative estimate of drug-likeness (QED) is 0.829. The van der Waals surface area contributed by atoms with Gasteiger partial charge in [0.15, 0.2) is 5.60 Å². The van der Waals surface area contributed by atoms with Crippen LogP contribution in [0.2, 0.25) is 0 Å². The predicted molar refractivity (Wildman–Crippen MR) is 95.3 cm³/mol. The third-order valence-electron chi connectivity index (χ3n) is 4.41. The van der Waals surface area contributed by atoms with Crippen LogP contribution in [0.3, 0.4) is 0 Å². The summed E-state index contributed by atoms with van der Waals surface area (Å²) in [6.07, 6.45) is 0.0425. The molecule has 0 saturated carbocycles. The van der Waals surface area contributed by atoms with Crippen molar-refractivity contribution < 1.29 is 24.5 Å². The van der Waals surface area contributed by atoms with E-state index in [-0.39, 0.29) is 31.8 Å². The Morgan fingerprint density at radius 2 is 2.08 bits per heavy atom. The third kappa shape index (κ3) is 4.03. The minimum atomic E-state index is -1.74. The summed E-state index contributed by atoms with van der Waals surface area (Å²) in [7, 11) is 0. The smallest absolute Gasteiger partial charge is 0.335 e. The molecule has 3 rings (SSSR count). The highest BCUT2D eigenvalue weighted by Gasteiger charge is 2.40. The van der Waals surface area contributed by atoms with Crippen LogP contribution in [0.15, 0.2) is 29.6 Å². The Morgan fingerprint density at radius 1 is 1.35 bits per heavy atom. The number of hydrogen-bond acceptors (Lipinski definition) is 6. The SMILES string of the molecule is Cc1nc(COc2cccc(C(=O)N3CCC(O)(C(=O)O)CC3)c2)cs1. The summed E-state index contributed by atoms with van der Waals surface area (Å²) < 4.78 is 5.70. The van der Waals surface area contributed by atoms with E-state index < -0.39 is 11.6 Å². The Labute approximate surface area is 154 Å². The first-order valence-electron chi connectivity index (χ1n) is 8.26. The Morgan fingerprint density at radius 3 is 2.69 bits per heavy atom. The maximum absolute atomic E-state index is 12.6. The van der Waals surface area contributed by atoms with E-state index in [0.717, 1.165) is 10.7 Å². The third-order valence-corrected chi connectivity index (χ3v) is 5.23. The minimum Gasteiger partial charge on any atom is -0.487 e. The fourth-order valence-corrected chi connectivity index (χ4v) is 3.42. The standard InChI is InChI=1S/C18H20N2O5S/c1-12-19-14(11-26-12)10-25-15-4-2-3-13(9-15)16(21)20-7-5-18(24,6-8-20)17(22)23/h2-4,9,11,24H,5-8,10H2,1H3,(H,22,23). The highest BCUT2D eigenvalue weighted by atomic mass is 32.1. The van der Waals surface area contributed by atoms with Crippen molar-refractivity contribution in [2.75, 3.05) is 13.1 Å². The van der Waals surface area contributed by atoms with Crippen molar-refractivity contribution in [1.29, 1.82) is 0 Å². The number of nitrogens with zero attached hydrogens (tertiary/aromatic N) is 2. The molecule has 0 bridgehead atoms. The van der Waals surface area contributed by atoms with Gasteiger partial charge < -0.3 is 19.8 Å². The Bertz CT molecular complexity index is 811. The second-order valence-electron chi connectivity index (χ2n) is 6.30. The van der Waals surface area contributed by atoms with E-state index in [2.05, 4.69) is 4.98 Å². The number of piperidine rings is 1. The van der Waals surface area contributed by atoms with Gasteiger partial charge in [0.2, 0.25) is 0 Å². The average molecular weight is 376 g/mol. The summed E-state index contributed by atoms with van der Waals surface area (Å²) in [6, 6.07) is 6.88. The number of carbonyl (C=O) groups excluding carboxylic acids is 1. The maximum atomic E-state index is 12.6. The molecule has 0 aliphatic carbocycles. The van der Waals surface area contributed by atoms with E-state index in [0.29, 0.717) is 17.9 Å². The summed E-state index contributed by atoms with van der Waals surface area (Å²) in [6.45, 7) is 2.66. The van der Waals surface area contributed by atoms with Gasteiger partial charge in [-0.1, -0.05) is 6.07 Å². The predicted octanol–water partition coefficient (Wildman–Crippen LogP) is 2.08. The molecule has 2 heterocycles. The van der Waals surface area contributed by atoms with E-state index in [1.807, 2.05) is 12.3 Å². The molecule has 0 atom stereocenters. The first-order chi connectivity index (χ1) is 12.4. The van der Waals surface area contributed by atoms with Gasteiger partial charge in [0.25, 0.3) is 5.91 Å². The monoisotopic (exact) mass is 376 g/mol. The Balaban J connectivity index is 1.62. The number of aliphatic carboxylic acids is 1. The van der Waals surface area contributed by atoms with Crippen molar-refractivity contribution in [3.05, 3.63) is 45.9 Å². The van der Waals surface area contributed by atoms with Crippen molar-refractivity contribution in [1.82, 2.24) is 9.88 Å². The number of aromatic nitrogens is 1. The van der Waals surface area contributed by atoms with Gasteiger partial charge in [0.1, 0.15) is 12.4 Å². The number of amides is 1. The lowest BCUT2D eigenvalue weighted by atomic mass is 9.91. The van der Waals surface area contributed by atoms with Crippen LogP contribution >= 0.6 is 11.3 Å². The first kappa shape index (κ1) is 18.3. The van der Waals surface area contributed by atoms with Crippen LogP contribution in [0.5, 0.6) is 5.75 Å². The number of aryl methyl sites for hydroxylation is 1. The van der Waals surface area contributed by atoms with Crippen molar-refractivity contribution in [2.45, 2.75) is 32.0 Å². The number of benzene rings is 1. The lowest BCUT2D eigenvalue weighted by molar-refractivity contribution is -0.162. The number of hydrogen-bond donors (Lipinski definition) is 2. The summed E-state index contributed by atoms with van der Waals surface area (Å²) >= 11 is 1.55. The minimum absolute atomic E-state index is 0.0213. The Hall–Kier alpha value is -2.45. The molecule has 1 aliphatic rings. The molecule has 0 radical (unpaired) electrons. The molecule has 1 aromatic heterocycles. The van der Waals surface area contributed by atoms with E-state index >= 15 is 0 Å². The lowest BCUT2D eigenvalue weighted by Gasteiger charge is -2.35. The topological polar surface area (TPSA) is 100.0 Å². The molecule has 0 spiro atoms. The van der Waals surface area contributed by atoms with E-state index in [9.17, 15) is 14.7 Å².